The van der Waals surface area contributed by atoms with Gasteiger partial charge in [-0.2, -0.15) is 0 Å². The predicted octanol–water partition coefficient (Wildman–Crippen LogP) is 5.30. The average molecular weight is 460 g/mol. The number of halogens is 1. The molecule has 3 aromatic carbocycles. The van der Waals surface area contributed by atoms with Crippen LogP contribution in [0.5, 0.6) is 0 Å². The summed E-state index contributed by atoms with van der Waals surface area (Å²) in [5.74, 6) is -0.988. The van der Waals surface area contributed by atoms with Crippen molar-refractivity contribution >= 4 is 74.3 Å². The monoisotopic (exact) mass is 459 g/mol. The molecule has 32 heavy (non-hydrogen) atoms. The van der Waals surface area contributed by atoms with Crippen molar-refractivity contribution in [3.63, 3.8) is 0 Å². The maximum atomic E-state index is 13.2. The number of hydrogen-bond donors (Lipinski definition) is 1. The second kappa shape index (κ2) is 7.89. The lowest BCUT2D eigenvalue weighted by atomic mass is 10.0. The van der Waals surface area contributed by atoms with Crippen molar-refractivity contribution in [1.82, 2.24) is 9.88 Å². The van der Waals surface area contributed by atoms with Crippen LogP contribution >= 0.6 is 23.8 Å². The van der Waals surface area contributed by atoms with Crippen LogP contribution in [-0.2, 0) is 16.1 Å². The zero-order valence-electron chi connectivity index (χ0n) is 17.1. The summed E-state index contributed by atoms with van der Waals surface area (Å²) < 4.78 is 2.25. The quantitative estimate of drug-likeness (QED) is 0.257. The van der Waals surface area contributed by atoms with Gasteiger partial charge in [0.1, 0.15) is 5.57 Å². The van der Waals surface area contributed by atoms with Crippen LogP contribution in [0, 0.1) is 0 Å². The van der Waals surface area contributed by atoms with Crippen LogP contribution in [0.1, 0.15) is 12.5 Å². The van der Waals surface area contributed by atoms with Gasteiger partial charge in [-0.25, -0.2) is 0 Å². The molecule has 2 amide bonds. The van der Waals surface area contributed by atoms with E-state index in [1.54, 1.807) is 30.3 Å². The average Bonchev–Trinajstić information content (AvgIpc) is 3.11. The third-order valence-electron chi connectivity index (χ3n) is 5.61. The molecule has 0 radical (unpaired) electrons. The normalized spacial score (nSPS) is 15.8. The summed E-state index contributed by atoms with van der Waals surface area (Å²) in [6, 6.07) is 20.9. The molecule has 1 aromatic heterocycles. The molecule has 0 bridgehead atoms. The van der Waals surface area contributed by atoms with Crippen LogP contribution < -0.4 is 10.2 Å². The van der Waals surface area contributed by atoms with Crippen molar-refractivity contribution in [3.8, 4) is 0 Å². The topological polar surface area (TPSA) is 54.3 Å². The molecule has 5 rings (SSSR count). The SMILES string of the molecule is CCn1c2ccccc2c2cc(C=C3C(=O)NC(=S)N(c4ccc(Cl)cc4)C3=O)ccc21. The van der Waals surface area contributed by atoms with Gasteiger partial charge in [0.05, 0.1) is 5.69 Å². The molecule has 1 fully saturated rings. The number of carbonyl (C=O) groups is 2. The van der Waals surface area contributed by atoms with E-state index in [2.05, 4.69) is 28.9 Å². The first kappa shape index (κ1) is 20.4. The lowest BCUT2D eigenvalue weighted by molar-refractivity contribution is -0.122. The lowest BCUT2D eigenvalue weighted by Gasteiger charge is -2.28. The number of para-hydroxylation sites is 1. The minimum absolute atomic E-state index is 0.0205. The Bertz CT molecular complexity index is 1450. The van der Waals surface area contributed by atoms with Crippen molar-refractivity contribution in [2.45, 2.75) is 13.5 Å². The van der Waals surface area contributed by atoms with Crippen molar-refractivity contribution < 1.29 is 9.59 Å². The maximum Gasteiger partial charge on any atom is 0.270 e. The smallest absolute Gasteiger partial charge is 0.270 e. The molecule has 0 spiro atoms. The number of rotatable bonds is 3. The number of hydrogen-bond acceptors (Lipinski definition) is 3. The van der Waals surface area contributed by atoms with Gasteiger partial charge in [0.25, 0.3) is 11.8 Å². The predicted molar refractivity (Wildman–Crippen MR) is 133 cm³/mol. The van der Waals surface area contributed by atoms with E-state index >= 15 is 0 Å². The summed E-state index contributed by atoms with van der Waals surface area (Å²) in [4.78, 5) is 27.2. The highest BCUT2D eigenvalue weighted by molar-refractivity contribution is 7.80. The third-order valence-corrected chi connectivity index (χ3v) is 6.15. The summed E-state index contributed by atoms with van der Waals surface area (Å²) in [5.41, 5.74) is 3.59. The number of nitrogens with one attached hydrogen (secondary N) is 1. The number of benzene rings is 3. The van der Waals surface area contributed by atoms with Crippen LogP contribution in [0.2, 0.25) is 5.02 Å². The Balaban J connectivity index is 1.60. The Morgan fingerprint density at radius 2 is 1.69 bits per heavy atom. The largest absolute Gasteiger partial charge is 0.341 e. The first-order valence-corrected chi connectivity index (χ1v) is 10.9. The molecule has 0 atom stereocenters. The fraction of sp³-hybridized carbons (Fsp3) is 0.0800. The summed E-state index contributed by atoms with van der Waals surface area (Å²) in [6.07, 6.45) is 1.61. The van der Waals surface area contributed by atoms with Crippen LogP contribution in [0.15, 0.2) is 72.3 Å². The summed E-state index contributed by atoms with van der Waals surface area (Å²) >= 11 is 11.2. The van der Waals surface area contributed by atoms with Crippen molar-refractivity contribution in [1.29, 1.82) is 0 Å². The number of carbonyl (C=O) groups excluding carboxylic acids is 2. The molecule has 158 valence electrons. The van der Waals surface area contributed by atoms with E-state index < -0.39 is 11.8 Å². The molecule has 0 aliphatic carbocycles. The van der Waals surface area contributed by atoms with Gasteiger partial charge in [-0.3, -0.25) is 19.8 Å². The minimum atomic E-state index is -0.513. The zero-order valence-corrected chi connectivity index (χ0v) is 18.7. The standard InChI is InChI=1S/C25H18ClN3O2S/c1-2-28-21-6-4-3-5-18(21)19-13-15(7-12-22(19)28)14-20-23(30)27-25(32)29(24(20)31)17-10-8-16(26)9-11-17/h3-14H,2H2,1H3,(H,27,30,32). The Hall–Kier alpha value is -3.48. The van der Waals surface area contributed by atoms with E-state index in [0.29, 0.717) is 10.7 Å². The third kappa shape index (κ3) is 3.28. The van der Waals surface area contributed by atoms with Gasteiger partial charge in [-0.05, 0) is 73.2 Å². The Morgan fingerprint density at radius 1 is 0.969 bits per heavy atom. The molecule has 0 saturated carbocycles. The molecular weight excluding hydrogens is 442 g/mol. The van der Waals surface area contributed by atoms with E-state index in [9.17, 15) is 9.59 Å². The molecule has 4 aromatic rings. The lowest BCUT2D eigenvalue weighted by Crippen LogP contribution is -2.54. The van der Waals surface area contributed by atoms with Crippen molar-refractivity contribution in [2.24, 2.45) is 0 Å². The second-order valence-corrected chi connectivity index (χ2v) is 8.30. The molecule has 7 heteroatoms. The molecule has 1 aliphatic heterocycles. The number of aryl methyl sites for hydroxylation is 1. The number of amides is 2. The molecule has 1 N–H and O–H groups in total. The molecule has 1 aliphatic rings. The first-order chi connectivity index (χ1) is 15.5. The minimum Gasteiger partial charge on any atom is -0.341 e. The highest BCUT2D eigenvalue weighted by Crippen LogP contribution is 2.31. The number of nitrogens with zero attached hydrogens (tertiary/aromatic N) is 2. The van der Waals surface area contributed by atoms with Gasteiger partial charge >= 0.3 is 0 Å². The second-order valence-electron chi connectivity index (χ2n) is 7.47. The number of aromatic nitrogens is 1. The Kier molecular flexibility index (Phi) is 5.04. The van der Waals surface area contributed by atoms with Crippen LogP contribution in [0.4, 0.5) is 5.69 Å². The molecular formula is C25H18ClN3O2S. The van der Waals surface area contributed by atoms with Gasteiger partial charge in [-0.15, -0.1) is 0 Å². The fourth-order valence-electron chi connectivity index (χ4n) is 4.15. The summed E-state index contributed by atoms with van der Waals surface area (Å²) in [6.45, 7) is 2.96. The molecule has 0 unspecified atom stereocenters. The molecule has 2 heterocycles. The van der Waals surface area contributed by atoms with Gasteiger partial charge in [0, 0.05) is 33.4 Å². The molecule has 5 nitrogen and oxygen atoms in total. The van der Waals surface area contributed by atoms with Gasteiger partial charge in [-0.1, -0.05) is 35.9 Å². The fourth-order valence-corrected chi connectivity index (χ4v) is 4.56. The maximum absolute atomic E-state index is 13.2. The zero-order chi connectivity index (χ0) is 22.4. The van der Waals surface area contributed by atoms with Crippen molar-refractivity contribution in [3.05, 3.63) is 82.9 Å². The Labute approximate surface area is 194 Å². The number of anilines is 1. The Morgan fingerprint density at radius 3 is 2.44 bits per heavy atom. The van der Waals surface area contributed by atoms with E-state index in [1.807, 2.05) is 30.3 Å². The highest BCUT2D eigenvalue weighted by atomic mass is 35.5. The highest BCUT2D eigenvalue weighted by Gasteiger charge is 2.34. The van der Waals surface area contributed by atoms with Gasteiger partial charge < -0.3 is 4.57 Å². The summed E-state index contributed by atoms with van der Waals surface area (Å²) in [5, 5.41) is 5.41. The van der Waals surface area contributed by atoms with E-state index in [4.69, 9.17) is 23.8 Å². The summed E-state index contributed by atoms with van der Waals surface area (Å²) in [7, 11) is 0. The van der Waals surface area contributed by atoms with Gasteiger partial charge in [0.2, 0.25) is 0 Å². The van der Waals surface area contributed by atoms with Crippen LogP contribution in [0.25, 0.3) is 27.9 Å². The van der Waals surface area contributed by atoms with Gasteiger partial charge in [0.15, 0.2) is 5.11 Å². The van der Waals surface area contributed by atoms with Crippen molar-refractivity contribution in [2.75, 3.05) is 4.90 Å². The number of fused-ring (bicyclic) bond motifs is 3. The number of thiocarbonyl (C=S) groups is 1. The van der Waals surface area contributed by atoms with Crippen LogP contribution in [0.3, 0.4) is 0 Å². The van der Waals surface area contributed by atoms with Crippen LogP contribution in [-0.4, -0.2) is 21.5 Å². The van der Waals surface area contributed by atoms with E-state index in [0.717, 1.165) is 33.9 Å². The molecule has 1 saturated heterocycles. The van der Waals surface area contributed by atoms with E-state index in [-0.39, 0.29) is 10.7 Å². The first-order valence-electron chi connectivity index (χ1n) is 10.2. The van der Waals surface area contributed by atoms with E-state index in [1.165, 1.54) is 4.90 Å².